The van der Waals surface area contributed by atoms with Crippen molar-refractivity contribution in [1.29, 1.82) is 0 Å². The minimum absolute atomic E-state index is 0.0849. The fourth-order valence-corrected chi connectivity index (χ4v) is 2.78. The van der Waals surface area contributed by atoms with Gasteiger partial charge >= 0.3 is 6.18 Å². The summed E-state index contributed by atoms with van der Waals surface area (Å²) in [6.45, 7) is 6.80. The molecule has 1 aromatic rings. The molecule has 0 aromatic heterocycles. The van der Waals surface area contributed by atoms with Gasteiger partial charge in [-0.25, -0.2) is 0 Å². The van der Waals surface area contributed by atoms with Crippen LogP contribution in [0, 0.1) is 0 Å². The molecule has 0 fully saturated rings. The Hall–Kier alpha value is -1.49. The van der Waals surface area contributed by atoms with Gasteiger partial charge in [-0.15, -0.1) is 0 Å². The highest BCUT2D eigenvalue weighted by atomic mass is 35.5. The number of carbonyl (C=O) groups excluding carboxylic acids is 1. The average molecular weight is 333 g/mol. The molecule has 0 amide bonds. The molecule has 0 aliphatic carbocycles. The van der Waals surface area contributed by atoms with E-state index in [0.717, 1.165) is 6.92 Å². The van der Waals surface area contributed by atoms with Gasteiger partial charge in [0, 0.05) is 16.2 Å². The van der Waals surface area contributed by atoms with Crippen molar-refractivity contribution >= 4 is 23.5 Å². The molecular weight excluding hydrogens is 317 g/mol. The maximum absolute atomic E-state index is 13.1. The van der Waals surface area contributed by atoms with E-state index >= 15 is 0 Å². The Morgan fingerprint density at radius 2 is 1.82 bits per heavy atom. The van der Waals surface area contributed by atoms with Crippen molar-refractivity contribution in [3.05, 3.63) is 33.9 Å². The van der Waals surface area contributed by atoms with Crippen molar-refractivity contribution in [2.24, 2.45) is 0 Å². The lowest BCUT2D eigenvalue weighted by Gasteiger charge is -2.30. The Kier molecular flexibility index (Phi) is 4.07. The number of ketones is 1. The van der Waals surface area contributed by atoms with Crippen molar-refractivity contribution in [2.45, 2.75) is 45.4 Å². The van der Waals surface area contributed by atoms with Crippen molar-refractivity contribution in [3.8, 4) is 5.75 Å². The molecule has 1 aromatic carbocycles. The van der Waals surface area contributed by atoms with E-state index in [0.29, 0.717) is 16.1 Å². The van der Waals surface area contributed by atoms with Gasteiger partial charge in [0.2, 0.25) is 6.10 Å². The highest BCUT2D eigenvalue weighted by molar-refractivity contribution is 6.31. The molecule has 6 heteroatoms. The monoisotopic (exact) mass is 332 g/mol. The number of fused-ring (bicyclic) bond motifs is 1. The van der Waals surface area contributed by atoms with E-state index in [1.165, 1.54) is 18.2 Å². The second kappa shape index (κ2) is 5.30. The van der Waals surface area contributed by atoms with Gasteiger partial charge in [-0.3, -0.25) is 4.79 Å². The molecule has 0 saturated heterocycles. The fourth-order valence-electron chi connectivity index (χ4n) is 2.32. The summed E-state index contributed by atoms with van der Waals surface area (Å²) in [5.74, 6) is -0.592. The molecule has 1 unspecified atom stereocenters. The molecule has 1 aliphatic heterocycles. The standard InChI is InChI=1S/C16H16ClF3O2/c1-8(21)10-5-9-6-12(17)11(15(2,3)4)7-13(9)22-14(10)16(18,19)20/h5-7,14H,1-4H3. The molecule has 0 bridgehead atoms. The van der Waals surface area contributed by atoms with Crippen LogP contribution in [0.5, 0.6) is 5.75 Å². The summed E-state index contributed by atoms with van der Waals surface area (Å²) in [5, 5.41) is 0.430. The number of rotatable bonds is 1. The Balaban J connectivity index is 2.61. The minimum atomic E-state index is -4.66. The Morgan fingerprint density at radius 1 is 1.23 bits per heavy atom. The van der Waals surface area contributed by atoms with Crippen LogP contribution in [0.4, 0.5) is 13.2 Å². The van der Waals surface area contributed by atoms with E-state index in [2.05, 4.69) is 0 Å². The summed E-state index contributed by atoms with van der Waals surface area (Å²) in [6.07, 6.45) is -5.69. The lowest BCUT2D eigenvalue weighted by molar-refractivity contribution is -0.184. The van der Waals surface area contributed by atoms with Crippen LogP contribution in [0.15, 0.2) is 17.7 Å². The third-order valence-electron chi connectivity index (χ3n) is 3.45. The smallest absolute Gasteiger partial charge is 0.429 e. The number of hydrogen-bond donors (Lipinski definition) is 0. The van der Waals surface area contributed by atoms with Crippen LogP contribution in [0.3, 0.4) is 0 Å². The summed E-state index contributed by atoms with van der Waals surface area (Å²) < 4.78 is 44.4. The SMILES string of the molecule is CC(=O)C1=Cc2cc(Cl)c(C(C)(C)C)cc2OC1C(F)(F)F. The minimum Gasteiger partial charge on any atom is -0.475 e. The lowest BCUT2D eigenvalue weighted by Crippen LogP contribution is -2.40. The second-order valence-corrected chi connectivity index (χ2v) is 6.72. The van der Waals surface area contributed by atoms with Gasteiger partial charge in [0.1, 0.15) is 5.75 Å². The van der Waals surface area contributed by atoms with E-state index in [1.807, 2.05) is 20.8 Å². The highest BCUT2D eigenvalue weighted by Gasteiger charge is 2.47. The third-order valence-corrected chi connectivity index (χ3v) is 3.76. The first-order valence-electron chi connectivity index (χ1n) is 6.71. The predicted octanol–water partition coefficient (Wildman–Crippen LogP) is 4.93. The van der Waals surface area contributed by atoms with E-state index in [4.69, 9.17) is 16.3 Å². The van der Waals surface area contributed by atoms with Crippen molar-refractivity contribution in [1.82, 2.24) is 0 Å². The van der Waals surface area contributed by atoms with Crippen molar-refractivity contribution in [3.63, 3.8) is 0 Å². The number of Topliss-reactive ketones (excluding diaryl/α,β-unsaturated/α-hetero) is 1. The zero-order valence-electron chi connectivity index (χ0n) is 12.6. The van der Waals surface area contributed by atoms with Crippen LogP contribution in [0.2, 0.25) is 5.02 Å². The number of halogens is 4. The molecule has 0 spiro atoms. The zero-order valence-corrected chi connectivity index (χ0v) is 13.4. The van der Waals surface area contributed by atoms with Gasteiger partial charge in [0.15, 0.2) is 5.78 Å². The predicted molar refractivity (Wildman–Crippen MR) is 79.3 cm³/mol. The number of benzene rings is 1. The van der Waals surface area contributed by atoms with Crippen LogP contribution < -0.4 is 4.74 Å². The van der Waals surface area contributed by atoms with Crippen molar-refractivity contribution < 1.29 is 22.7 Å². The maximum Gasteiger partial charge on any atom is 0.429 e. The molecule has 1 heterocycles. The molecular formula is C16H16ClF3O2. The summed E-state index contributed by atoms with van der Waals surface area (Å²) in [7, 11) is 0. The molecule has 0 saturated carbocycles. The molecule has 1 atom stereocenters. The van der Waals surface area contributed by atoms with Gasteiger partial charge in [0.05, 0.1) is 0 Å². The van der Waals surface area contributed by atoms with Gasteiger partial charge in [-0.05, 0) is 36.1 Å². The molecule has 2 rings (SSSR count). The van der Waals surface area contributed by atoms with E-state index < -0.39 is 23.6 Å². The van der Waals surface area contributed by atoms with Gasteiger partial charge in [0.25, 0.3) is 0 Å². The Labute approximate surface area is 131 Å². The van der Waals surface area contributed by atoms with Crippen molar-refractivity contribution in [2.75, 3.05) is 0 Å². The normalized spacial score (nSPS) is 18.4. The quantitative estimate of drug-likeness (QED) is 0.728. The first-order chi connectivity index (χ1) is 9.91. The topological polar surface area (TPSA) is 26.3 Å². The van der Waals surface area contributed by atoms with Gasteiger partial charge < -0.3 is 4.74 Å². The Morgan fingerprint density at radius 3 is 2.27 bits per heavy atom. The second-order valence-electron chi connectivity index (χ2n) is 6.32. The van der Waals surface area contributed by atoms with E-state index in [9.17, 15) is 18.0 Å². The van der Waals surface area contributed by atoms with E-state index in [1.54, 1.807) is 0 Å². The molecule has 22 heavy (non-hydrogen) atoms. The molecule has 2 nitrogen and oxygen atoms in total. The summed E-state index contributed by atoms with van der Waals surface area (Å²) in [6, 6.07) is 3.05. The molecule has 0 N–H and O–H groups in total. The number of ether oxygens (including phenoxy) is 1. The molecule has 0 radical (unpaired) electrons. The van der Waals surface area contributed by atoms with Gasteiger partial charge in [-0.2, -0.15) is 13.2 Å². The number of carbonyl (C=O) groups is 1. The molecule has 1 aliphatic rings. The van der Waals surface area contributed by atoms with Crippen LogP contribution in [0.25, 0.3) is 6.08 Å². The lowest BCUT2D eigenvalue weighted by atomic mass is 9.85. The van der Waals surface area contributed by atoms with Crippen LogP contribution in [-0.2, 0) is 10.2 Å². The number of alkyl halides is 3. The zero-order chi connectivity index (χ0) is 16.9. The first kappa shape index (κ1) is 16.9. The average Bonchev–Trinajstić information content (AvgIpc) is 2.33. The molecule has 120 valence electrons. The maximum atomic E-state index is 13.1. The van der Waals surface area contributed by atoms with Crippen LogP contribution >= 0.6 is 11.6 Å². The van der Waals surface area contributed by atoms with E-state index in [-0.39, 0.29) is 11.2 Å². The summed E-state index contributed by atoms with van der Waals surface area (Å²) in [5.41, 5.74) is 0.310. The highest BCUT2D eigenvalue weighted by Crippen LogP contribution is 2.41. The first-order valence-corrected chi connectivity index (χ1v) is 7.09. The van der Waals surface area contributed by atoms with Gasteiger partial charge in [-0.1, -0.05) is 32.4 Å². The number of hydrogen-bond acceptors (Lipinski definition) is 2. The van der Waals surface area contributed by atoms with Crippen LogP contribution in [0.1, 0.15) is 38.8 Å². The Bertz CT molecular complexity index is 655. The fraction of sp³-hybridized carbons (Fsp3) is 0.438. The summed E-state index contributed by atoms with van der Waals surface area (Å²) in [4.78, 5) is 11.5. The summed E-state index contributed by atoms with van der Waals surface area (Å²) >= 11 is 6.21. The van der Waals surface area contributed by atoms with Crippen LogP contribution in [-0.4, -0.2) is 18.1 Å². The third kappa shape index (κ3) is 3.14. The largest absolute Gasteiger partial charge is 0.475 e.